The summed E-state index contributed by atoms with van der Waals surface area (Å²) in [7, 11) is 1.99. The van der Waals surface area contributed by atoms with Crippen molar-refractivity contribution in [3.05, 3.63) is 71.8 Å². The summed E-state index contributed by atoms with van der Waals surface area (Å²) in [6, 6.07) is 19.1. The molecule has 0 unspecified atom stereocenters. The van der Waals surface area contributed by atoms with Crippen LogP contribution in [0.4, 0.5) is 0 Å². The number of nitrogens with zero attached hydrogens (tertiary/aromatic N) is 2. The lowest BCUT2D eigenvalue weighted by Gasteiger charge is -2.42. The number of hydrogen-bond acceptors (Lipinski definition) is 8. The van der Waals surface area contributed by atoms with Gasteiger partial charge in [-0.15, -0.1) is 0 Å². The Morgan fingerprint density at radius 2 is 1.54 bits per heavy atom. The van der Waals surface area contributed by atoms with Crippen LogP contribution in [0.25, 0.3) is 0 Å². The van der Waals surface area contributed by atoms with E-state index in [1.54, 1.807) is 25.7 Å². The molecule has 2 aliphatic rings. The van der Waals surface area contributed by atoms with Crippen LogP contribution in [-0.2, 0) is 37.0 Å². The fraction of sp³-hybridized carbons (Fsp3) is 0.567. The van der Waals surface area contributed by atoms with Gasteiger partial charge in [-0.1, -0.05) is 60.7 Å². The maximum atomic E-state index is 13.5. The molecule has 0 aliphatic carbocycles. The van der Waals surface area contributed by atoms with Crippen LogP contribution in [0.1, 0.15) is 31.9 Å². The molecule has 4 rings (SSSR count). The molecule has 9 heteroatoms. The lowest BCUT2D eigenvalue weighted by molar-refractivity contribution is -0.232. The molecule has 0 spiro atoms. The van der Waals surface area contributed by atoms with Crippen LogP contribution in [0.5, 0.6) is 0 Å². The number of benzene rings is 2. The van der Waals surface area contributed by atoms with Crippen molar-refractivity contribution in [2.24, 2.45) is 0 Å². The van der Waals surface area contributed by atoms with Gasteiger partial charge in [0.2, 0.25) is 0 Å². The van der Waals surface area contributed by atoms with E-state index in [1.807, 2.05) is 67.7 Å². The first-order valence-corrected chi connectivity index (χ1v) is 13.6. The lowest BCUT2D eigenvalue weighted by atomic mass is 9.86. The number of hydrogen-bond donors (Lipinski definition) is 2. The quantitative estimate of drug-likeness (QED) is 0.446. The molecule has 2 aliphatic heterocycles. The van der Waals surface area contributed by atoms with Gasteiger partial charge in [0, 0.05) is 26.2 Å². The molecule has 2 aromatic rings. The van der Waals surface area contributed by atoms with Crippen LogP contribution in [0, 0.1) is 0 Å². The number of ether oxygens (including phenoxy) is 4. The zero-order valence-corrected chi connectivity index (χ0v) is 23.4. The van der Waals surface area contributed by atoms with Crippen molar-refractivity contribution in [2.75, 3.05) is 39.8 Å². The van der Waals surface area contributed by atoms with Gasteiger partial charge in [-0.05, 0) is 38.9 Å². The normalized spacial score (nSPS) is 25.8. The zero-order valence-electron chi connectivity index (χ0n) is 23.4. The molecule has 0 aromatic heterocycles. The highest BCUT2D eigenvalue weighted by Gasteiger charge is 2.59. The van der Waals surface area contributed by atoms with Gasteiger partial charge in [-0.25, -0.2) is 0 Å². The average molecular weight is 543 g/mol. The molecule has 2 N–H and O–H groups in total. The van der Waals surface area contributed by atoms with E-state index in [1.165, 1.54) is 0 Å². The van der Waals surface area contributed by atoms with E-state index in [9.17, 15) is 15.0 Å². The third-order valence-corrected chi connectivity index (χ3v) is 7.50. The van der Waals surface area contributed by atoms with Crippen molar-refractivity contribution in [1.82, 2.24) is 9.80 Å². The second-order valence-corrected chi connectivity index (χ2v) is 11.0. The molecule has 0 radical (unpaired) electrons. The van der Waals surface area contributed by atoms with E-state index < -0.39 is 41.7 Å². The summed E-state index contributed by atoms with van der Waals surface area (Å²) in [6.07, 6.45) is -4.97. The second kappa shape index (κ2) is 12.9. The Balaban J connectivity index is 1.59. The summed E-state index contributed by atoms with van der Waals surface area (Å²) in [6.45, 7) is 8.07. The van der Waals surface area contributed by atoms with Crippen LogP contribution in [0.3, 0.4) is 0 Å². The Labute approximate surface area is 231 Å². The highest BCUT2D eigenvalue weighted by Crippen LogP contribution is 2.41. The number of aliphatic hydroxyl groups excluding tert-OH is 2. The molecule has 0 bridgehead atoms. The fourth-order valence-corrected chi connectivity index (χ4v) is 5.28. The van der Waals surface area contributed by atoms with Crippen molar-refractivity contribution in [2.45, 2.75) is 69.8 Å². The van der Waals surface area contributed by atoms with Crippen LogP contribution >= 0.6 is 0 Å². The average Bonchev–Trinajstić information content (AvgIpc) is 3.17. The van der Waals surface area contributed by atoms with Crippen LogP contribution in [0.15, 0.2) is 60.7 Å². The van der Waals surface area contributed by atoms with E-state index in [-0.39, 0.29) is 13.2 Å². The molecule has 214 valence electrons. The van der Waals surface area contributed by atoms with Gasteiger partial charge in [-0.3, -0.25) is 4.79 Å². The van der Waals surface area contributed by atoms with Crippen LogP contribution < -0.4 is 0 Å². The minimum absolute atomic E-state index is 0.0335. The first kappa shape index (κ1) is 29.6. The number of rotatable bonds is 11. The predicted octanol–water partition coefficient (Wildman–Crippen LogP) is 2.19. The highest BCUT2D eigenvalue weighted by atomic mass is 16.8. The monoisotopic (exact) mass is 542 g/mol. The summed E-state index contributed by atoms with van der Waals surface area (Å²) < 4.78 is 24.6. The fourth-order valence-electron chi connectivity index (χ4n) is 5.28. The number of likely N-dealkylation sites (N-methyl/N-ethyl adjacent to an activating group) is 1. The van der Waals surface area contributed by atoms with Crippen molar-refractivity contribution >= 4 is 5.91 Å². The molecule has 1 amide bonds. The number of aliphatic hydroxyl groups is 2. The summed E-state index contributed by atoms with van der Waals surface area (Å²) in [5, 5.41) is 23.4. The van der Waals surface area contributed by atoms with E-state index in [4.69, 9.17) is 18.9 Å². The molecule has 0 saturated carbocycles. The molecule has 9 nitrogen and oxygen atoms in total. The Bertz CT molecular complexity index is 1050. The minimum Gasteiger partial charge on any atom is -0.387 e. The molecular formula is C30H42N2O7. The SMILES string of the molecule is C[C@H]1OC(C)(C)O[C@@]1(COCc1ccccc1)[C@@H](O)[C@H](OCc1ccccc1)[C@@H](O)C(=O)N1CCN(C)CC1. The van der Waals surface area contributed by atoms with E-state index in [2.05, 4.69) is 4.90 Å². The topological polar surface area (TPSA) is 101 Å². The summed E-state index contributed by atoms with van der Waals surface area (Å²) in [5.41, 5.74) is 0.415. The van der Waals surface area contributed by atoms with Gasteiger partial charge in [0.1, 0.15) is 17.8 Å². The van der Waals surface area contributed by atoms with E-state index in [0.29, 0.717) is 32.8 Å². The lowest BCUT2D eigenvalue weighted by Crippen LogP contribution is -2.63. The Kier molecular flexibility index (Phi) is 9.77. The third-order valence-electron chi connectivity index (χ3n) is 7.50. The molecular weight excluding hydrogens is 500 g/mol. The third kappa shape index (κ3) is 7.24. The van der Waals surface area contributed by atoms with Gasteiger partial charge >= 0.3 is 0 Å². The van der Waals surface area contributed by atoms with Crippen molar-refractivity contribution in [1.29, 1.82) is 0 Å². The Morgan fingerprint density at radius 3 is 2.08 bits per heavy atom. The maximum absolute atomic E-state index is 13.5. The van der Waals surface area contributed by atoms with Crippen molar-refractivity contribution in [3.63, 3.8) is 0 Å². The minimum atomic E-state index is -1.61. The molecule has 2 fully saturated rings. The van der Waals surface area contributed by atoms with Crippen LogP contribution in [-0.4, -0.2) is 102 Å². The van der Waals surface area contributed by atoms with E-state index in [0.717, 1.165) is 11.1 Å². The standard InChI is InChI=1S/C30H42N2O7/c1-22-30(39-29(2,3)38-22,21-36-19-23-11-7-5-8-12-23)27(34)26(37-20-24-13-9-6-10-14-24)25(33)28(35)32-17-15-31(4)16-18-32/h5-14,22,25-27,33-34H,15-21H2,1-4H3/t22-,25-,26-,27+,30-/m1/s1. The van der Waals surface area contributed by atoms with Gasteiger partial charge in [0.25, 0.3) is 5.91 Å². The summed E-state index contributed by atoms with van der Waals surface area (Å²) in [4.78, 5) is 17.2. The molecule has 39 heavy (non-hydrogen) atoms. The zero-order chi connectivity index (χ0) is 28.0. The Morgan fingerprint density at radius 1 is 0.974 bits per heavy atom. The highest BCUT2D eigenvalue weighted by molar-refractivity contribution is 5.81. The first-order valence-electron chi connectivity index (χ1n) is 13.6. The van der Waals surface area contributed by atoms with Gasteiger partial charge in [-0.2, -0.15) is 0 Å². The largest absolute Gasteiger partial charge is 0.387 e. The summed E-state index contributed by atoms with van der Waals surface area (Å²) >= 11 is 0. The smallest absolute Gasteiger partial charge is 0.254 e. The van der Waals surface area contributed by atoms with Crippen molar-refractivity contribution in [3.8, 4) is 0 Å². The molecule has 2 saturated heterocycles. The van der Waals surface area contributed by atoms with Crippen LogP contribution in [0.2, 0.25) is 0 Å². The predicted molar refractivity (Wildman–Crippen MR) is 146 cm³/mol. The number of piperazine rings is 1. The Hall–Kier alpha value is -2.37. The number of carbonyl (C=O) groups excluding carboxylic acids is 1. The maximum Gasteiger partial charge on any atom is 0.254 e. The molecule has 2 aromatic carbocycles. The number of carbonyl (C=O) groups is 1. The van der Waals surface area contributed by atoms with Gasteiger partial charge < -0.3 is 39.0 Å². The molecule has 5 atom stereocenters. The van der Waals surface area contributed by atoms with Gasteiger partial charge in [0.15, 0.2) is 11.9 Å². The van der Waals surface area contributed by atoms with Gasteiger partial charge in [0.05, 0.1) is 25.9 Å². The molecule has 2 heterocycles. The van der Waals surface area contributed by atoms with Crippen molar-refractivity contribution < 1.29 is 34.0 Å². The number of amides is 1. The summed E-state index contributed by atoms with van der Waals surface area (Å²) in [5.74, 6) is -1.50. The first-order chi connectivity index (χ1) is 18.6. The van der Waals surface area contributed by atoms with E-state index >= 15 is 0 Å². The second-order valence-electron chi connectivity index (χ2n) is 11.0.